The number of methoxy groups -OCH3 is 1. The Morgan fingerprint density at radius 2 is 1.65 bits per heavy atom. The zero-order valence-electron chi connectivity index (χ0n) is 21.6. The van der Waals surface area contributed by atoms with Gasteiger partial charge >= 0.3 is 5.97 Å². The van der Waals surface area contributed by atoms with E-state index in [0.29, 0.717) is 29.3 Å². The number of anilines is 1. The maximum atomic E-state index is 13.9. The van der Waals surface area contributed by atoms with Gasteiger partial charge in [0.2, 0.25) is 11.8 Å². The lowest BCUT2D eigenvalue weighted by molar-refractivity contribution is -0.137. The van der Waals surface area contributed by atoms with E-state index in [-0.39, 0.29) is 35.1 Å². The Morgan fingerprint density at radius 1 is 1.03 bits per heavy atom. The maximum Gasteiger partial charge on any atom is 0.350 e. The Hall–Kier alpha value is -2.33. The average molecular weight is 487 g/mol. The Labute approximate surface area is 208 Å². The van der Waals surface area contributed by atoms with Crippen LogP contribution in [0.4, 0.5) is 5.69 Å². The second-order valence-corrected chi connectivity index (χ2v) is 12.1. The highest BCUT2D eigenvalue weighted by atomic mass is 32.1. The van der Waals surface area contributed by atoms with Crippen LogP contribution >= 0.6 is 11.3 Å². The molecule has 2 saturated carbocycles. The van der Waals surface area contributed by atoms with Crippen LogP contribution in [0.1, 0.15) is 80.8 Å². The number of ether oxygens (including phenoxy) is 1. The molecule has 2 amide bonds. The lowest BCUT2D eigenvalue weighted by atomic mass is 9.76. The fourth-order valence-electron chi connectivity index (χ4n) is 4.67. The van der Waals surface area contributed by atoms with Gasteiger partial charge in [-0.1, -0.05) is 18.8 Å². The van der Waals surface area contributed by atoms with Crippen molar-refractivity contribution < 1.29 is 19.1 Å². The van der Waals surface area contributed by atoms with E-state index in [1.807, 2.05) is 31.7 Å². The van der Waals surface area contributed by atoms with E-state index >= 15 is 0 Å². The van der Waals surface area contributed by atoms with Crippen LogP contribution in [-0.2, 0) is 14.3 Å². The molecule has 0 atom stereocenters. The quantitative estimate of drug-likeness (QED) is 0.436. The summed E-state index contributed by atoms with van der Waals surface area (Å²) in [7, 11) is 4.88. The second-order valence-electron chi connectivity index (χ2n) is 11.0. The summed E-state index contributed by atoms with van der Waals surface area (Å²) in [6, 6.07) is 1.75. The van der Waals surface area contributed by atoms with Gasteiger partial charge in [0.05, 0.1) is 17.7 Å². The van der Waals surface area contributed by atoms with Gasteiger partial charge in [0.15, 0.2) is 0 Å². The molecule has 1 aromatic rings. The number of esters is 1. The van der Waals surface area contributed by atoms with Crippen LogP contribution in [0.5, 0.6) is 0 Å². The first-order valence-corrected chi connectivity index (χ1v) is 13.0. The van der Waals surface area contributed by atoms with Crippen LogP contribution in [0.3, 0.4) is 0 Å². The highest BCUT2D eigenvalue weighted by Crippen LogP contribution is 2.42. The predicted octanol–water partition coefficient (Wildman–Crippen LogP) is 4.96. The number of thiophene rings is 1. The number of carbonyl (C=O) groups excluding carboxylic acids is 3. The SMILES string of the molecule is COC(=O)c1sc(C#CC(C)(C)C)cc1N(C(=O)[C@H]1CC[C@H](C)CC1)[C@H]1C[C@H](C(=O)N(C)C)C1. The highest BCUT2D eigenvalue weighted by molar-refractivity contribution is 7.15. The molecule has 1 heterocycles. The lowest BCUT2D eigenvalue weighted by Gasteiger charge is -2.44. The smallest absolute Gasteiger partial charge is 0.350 e. The van der Waals surface area contributed by atoms with Crippen molar-refractivity contribution in [2.75, 3.05) is 26.1 Å². The molecule has 0 bridgehead atoms. The molecule has 0 spiro atoms. The molecule has 6 nitrogen and oxygen atoms in total. The van der Waals surface area contributed by atoms with Crippen LogP contribution < -0.4 is 4.90 Å². The Bertz CT molecular complexity index is 980. The van der Waals surface area contributed by atoms with Crippen molar-refractivity contribution in [3.63, 3.8) is 0 Å². The monoisotopic (exact) mass is 486 g/mol. The molecule has 0 N–H and O–H groups in total. The first kappa shape index (κ1) is 26.3. The molecular formula is C27H38N2O4S. The van der Waals surface area contributed by atoms with E-state index in [2.05, 4.69) is 18.8 Å². The zero-order valence-corrected chi connectivity index (χ0v) is 22.4. The first-order chi connectivity index (χ1) is 15.9. The minimum absolute atomic E-state index is 0.0608. The minimum atomic E-state index is -0.459. The number of amides is 2. The largest absolute Gasteiger partial charge is 0.465 e. The molecule has 0 radical (unpaired) electrons. The number of nitrogens with zero attached hydrogens (tertiary/aromatic N) is 2. The summed E-state index contributed by atoms with van der Waals surface area (Å²) >= 11 is 1.27. The summed E-state index contributed by atoms with van der Waals surface area (Å²) in [5.74, 6) is 6.57. The summed E-state index contributed by atoms with van der Waals surface area (Å²) < 4.78 is 5.07. The third-order valence-electron chi connectivity index (χ3n) is 6.77. The molecule has 2 aliphatic rings. The molecule has 0 aromatic carbocycles. The number of hydrogen-bond acceptors (Lipinski definition) is 5. The molecule has 2 aliphatic carbocycles. The van der Waals surface area contributed by atoms with Crippen LogP contribution in [0.2, 0.25) is 0 Å². The van der Waals surface area contributed by atoms with Crippen molar-refractivity contribution in [2.45, 2.75) is 72.3 Å². The third-order valence-corrected chi connectivity index (χ3v) is 7.79. The predicted molar refractivity (Wildman–Crippen MR) is 136 cm³/mol. The Balaban J connectivity index is 1.98. The van der Waals surface area contributed by atoms with E-state index in [0.717, 1.165) is 30.6 Å². The fourth-order valence-corrected chi connectivity index (χ4v) is 5.60. The molecule has 3 rings (SSSR count). The summed E-state index contributed by atoms with van der Waals surface area (Å²) in [6.07, 6.45) is 4.99. The van der Waals surface area contributed by atoms with Crippen molar-refractivity contribution in [2.24, 2.45) is 23.2 Å². The molecule has 34 heavy (non-hydrogen) atoms. The molecule has 7 heteroatoms. The van der Waals surface area contributed by atoms with Gasteiger partial charge in [-0.3, -0.25) is 9.59 Å². The lowest BCUT2D eigenvalue weighted by Crippen LogP contribution is -2.53. The maximum absolute atomic E-state index is 13.9. The molecule has 1 aromatic heterocycles. The number of hydrogen-bond donors (Lipinski definition) is 0. The number of rotatable bonds is 5. The van der Waals surface area contributed by atoms with Crippen molar-refractivity contribution in [1.29, 1.82) is 0 Å². The van der Waals surface area contributed by atoms with Gasteiger partial charge in [0.1, 0.15) is 4.88 Å². The van der Waals surface area contributed by atoms with Gasteiger partial charge in [0.25, 0.3) is 0 Å². The van der Waals surface area contributed by atoms with Crippen LogP contribution in [-0.4, -0.2) is 49.9 Å². The van der Waals surface area contributed by atoms with E-state index in [1.165, 1.54) is 18.4 Å². The van der Waals surface area contributed by atoms with Gasteiger partial charge < -0.3 is 14.5 Å². The molecule has 2 fully saturated rings. The molecule has 0 aliphatic heterocycles. The highest BCUT2D eigenvalue weighted by Gasteiger charge is 2.44. The first-order valence-electron chi connectivity index (χ1n) is 12.2. The summed E-state index contributed by atoms with van der Waals surface area (Å²) in [5.41, 5.74) is 0.400. The fraction of sp³-hybridized carbons (Fsp3) is 0.667. The second kappa shape index (κ2) is 10.5. The van der Waals surface area contributed by atoms with E-state index in [4.69, 9.17) is 4.74 Å². The van der Waals surface area contributed by atoms with Gasteiger partial charge in [-0.2, -0.15) is 0 Å². The van der Waals surface area contributed by atoms with E-state index in [1.54, 1.807) is 19.0 Å². The summed E-state index contributed by atoms with van der Waals surface area (Å²) in [6.45, 7) is 8.33. The molecular weight excluding hydrogens is 448 g/mol. The van der Waals surface area contributed by atoms with Crippen molar-refractivity contribution in [3.8, 4) is 11.8 Å². The Morgan fingerprint density at radius 3 is 2.18 bits per heavy atom. The minimum Gasteiger partial charge on any atom is -0.465 e. The third kappa shape index (κ3) is 6.02. The van der Waals surface area contributed by atoms with Crippen LogP contribution in [0.25, 0.3) is 0 Å². The van der Waals surface area contributed by atoms with Gasteiger partial charge in [-0.05, 0) is 71.3 Å². The van der Waals surface area contributed by atoms with Crippen LogP contribution in [0, 0.1) is 35.0 Å². The zero-order chi connectivity index (χ0) is 25.2. The van der Waals surface area contributed by atoms with Gasteiger partial charge in [-0.15, -0.1) is 11.3 Å². The molecule has 0 saturated heterocycles. The Kier molecular flexibility index (Phi) is 8.13. The topological polar surface area (TPSA) is 66.9 Å². The van der Waals surface area contributed by atoms with E-state index < -0.39 is 5.97 Å². The average Bonchev–Trinajstić information content (AvgIpc) is 3.17. The molecule has 186 valence electrons. The van der Waals surface area contributed by atoms with Gasteiger partial charge in [-0.25, -0.2) is 4.79 Å². The van der Waals surface area contributed by atoms with Crippen LogP contribution in [0.15, 0.2) is 6.07 Å². The number of carbonyl (C=O) groups is 3. The van der Waals surface area contributed by atoms with Crippen molar-refractivity contribution in [1.82, 2.24) is 4.90 Å². The molecule has 0 unspecified atom stereocenters. The summed E-state index contributed by atoms with van der Waals surface area (Å²) in [5, 5.41) is 0. The van der Waals surface area contributed by atoms with Crippen molar-refractivity contribution in [3.05, 3.63) is 15.8 Å². The van der Waals surface area contributed by atoms with Gasteiger partial charge in [0, 0.05) is 37.4 Å². The van der Waals surface area contributed by atoms with E-state index in [9.17, 15) is 14.4 Å². The standard InChI is InChI=1S/C27H38N2O4S/c1-17-8-10-18(11-9-17)25(31)29(20-14-19(15-20)24(30)28(5)6)22-16-21(12-13-27(2,3)4)34-23(22)26(32)33-7/h16-20H,8-11,14-15H2,1-7H3/t17-,18-,19-,20-. The normalized spacial score (nSPS) is 24.3. The summed E-state index contributed by atoms with van der Waals surface area (Å²) in [4.78, 5) is 43.7. The van der Waals surface area contributed by atoms with Crippen molar-refractivity contribution >= 4 is 34.8 Å².